The Morgan fingerprint density at radius 3 is 2.44 bits per heavy atom. The first-order valence-corrected chi connectivity index (χ1v) is 8.14. The van der Waals surface area contributed by atoms with Crippen LogP contribution in [0, 0.1) is 17.5 Å². The molecule has 0 aliphatic rings. The smallest absolute Gasteiger partial charge is 0.318 e. The highest BCUT2D eigenvalue weighted by Crippen LogP contribution is 2.17. The molecule has 0 saturated heterocycles. The molecule has 0 aliphatic carbocycles. The van der Waals surface area contributed by atoms with Gasteiger partial charge in [-0.1, -0.05) is 24.3 Å². The molecule has 0 atom stereocenters. The minimum absolute atomic E-state index is 0.0535. The van der Waals surface area contributed by atoms with E-state index in [4.69, 9.17) is 17.0 Å². The summed E-state index contributed by atoms with van der Waals surface area (Å²) < 4.78 is 45.8. The van der Waals surface area contributed by atoms with Crippen molar-refractivity contribution in [3.8, 4) is 6.01 Å². The molecule has 0 spiro atoms. The highest BCUT2D eigenvalue weighted by molar-refractivity contribution is 7.80. The Kier molecular flexibility index (Phi) is 5.82. The van der Waals surface area contributed by atoms with Crippen molar-refractivity contribution in [2.75, 3.05) is 10.6 Å². The monoisotopic (exact) mass is 390 g/mol. The maximum absolute atomic E-state index is 13.9. The third kappa shape index (κ3) is 5.14. The summed E-state index contributed by atoms with van der Waals surface area (Å²) in [5.41, 5.74) is 0.827. The lowest BCUT2D eigenvalue weighted by Gasteiger charge is -2.12. The van der Waals surface area contributed by atoms with E-state index in [0.29, 0.717) is 5.56 Å². The second kappa shape index (κ2) is 8.45. The predicted octanol–water partition coefficient (Wildman–Crippen LogP) is 4.28. The van der Waals surface area contributed by atoms with E-state index in [2.05, 4.69) is 20.6 Å². The maximum Gasteiger partial charge on any atom is 0.318 e. The molecule has 27 heavy (non-hydrogen) atoms. The number of ether oxygens (including phenoxy) is 1. The van der Waals surface area contributed by atoms with Gasteiger partial charge in [-0.15, -0.1) is 0 Å². The average Bonchev–Trinajstić information content (AvgIpc) is 2.65. The van der Waals surface area contributed by atoms with Gasteiger partial charge < -0.3 is 15.4 Å². The van der Waals surface area contributed by atoms with Crippen molar-refractivity contribution in [1.82, 2.24) is 9.97 Å². The van der Waals surface area contributed by atoms with E-state index in [1.165, 1.54) is 30.3 Å². The first-order valence-electron chi connectivity index (χ1n) is 7.73. The molecule has 0 radical (unpaired) electrons. The Balaban J connectivity index is 1.65. The summed E-state index contributed by atoms with van der Waals surface area (Å²) >= 11 is 5.04. The van der Waals surface area contributed by atoms with Crippen LogP contribution in [0.5, 0.6) is 6.01 Å². The Bertz CT molecular complexity index is 954. The van der Waals surface area contributed by atoms with E-state index in [1.54, 1.807) is 18.2 Å². The Hall–Kier alpha value is -3.20. The number of anilines is 2. The summed E-state index contributed by atoms with van der Waals surface area (Å²) in [6, 6.07) is 11.5. The number of para-hydroxylation sites is 1. The second-order valence-corrected chi connectivity index (χ2v) is 5.73. The normalized spacial score (nSPS) is 10.3. The molecular formula is C18H13F3N4OS. The number of halogens is 3. The van der Waals surface area contributed by atoms with Crippen molar-refractivity contribution in [3.63, 3.8) is 0 Å². The number of nitrogens with zero attached hydrogens (tertiary/aromatic N) is 2. The molecule has 0 aliphatic heterocycles. The van der Waals surface area contributed by atoms with Crippen LogP contribution in [0.15, 0.2) is 54.7 Å². The van der Waals surface area contributed by atoms with E-state index in [1.807, 2.05) is 0 Å². The zero-order valence-electron chi connectivity index (χ0n) is 13.7. The molecule has 0 amide bonds. The van der Waals surface area contributed by atoms with Crippen LogP contribution in [-0.4, -0.2) is 15.1 Å². The lowest BCUT2D eigenvalue weighted by Crippen LogP contribution is -2.21. The third-order valence-electron chi connectivity index (χ3n) is 3.36. The van der Waals surface area contributed by atoms with Gasteiger partial charge in [0.2, 0.25) is 0 Å². The van der Waals surface area contributed by atoms with Crippen LogP contribution in [0.3, 0.4) is 0 Å². The largest absolute Gasteiger partial charge is 0.459 e. The van der Waals surface area contributed by atoms with Crippen molar-refractivity contribution in [3.05, 3.63) is 77.7 Å². The van der Waals surface area contributed by atoms with E-state index < -0.39 is 11.6 Å². The SMILES string of the molecule is Fc1ccc(COc2ncc(F)c(NC(=S)Nc3ccccc3F)n2)cc1. The number of hydrogen-bond donors (Lipinski definition) is 2. The molecule has 0 unspecified atom stereocenters. The van der Waals surface area contributed by atoms with Crippen LogP contribution in [0.25, 0.3) is 0 Å². The van der Waals surface area contributed by atoms with Gasteiger partial charge in [0.05, 0.1) is 11.9 Å². The minimum atomic E-state index is -0.762. The summed E-state index contributed by atoms with van der Waals surface area (Å²) in [5, 5.41) is 5.09. The predicted molar refractivity (Wildman–Crippen MR) is 99.0 cm³/mol. The summed E-state index contributed by atoms with van der Waals surface area (Å²) in [7, 11) is 0. The number of benzene rings is 2. The van der Waals surface area contributed by atoms with Gasteiger partial charge >= 0.3 is 6.01 Å². The van der Waals surface area contributed by atoms with Crippen LogP contribution < -0.4 is 15.4 Å². The van der Waals surface area contributed by atoms with Crippen LogP contribution in [0.2, 0.25) is 0 Å². The lowest BCUT2D eigenvalue weighted by molar-refractivity contribution is 0.280. The van der Waals surface area contributed by atoms with Crippen LogP contribution >= 0.6 is 12.2 Å². The summed E-state index contributed by atoms with van der Waals surface area (Å²) in [6.45, 7) is 0.0727. The topological polar surface area (TPSA) is 59.1 Å². The molecule has 5 nitrogen and oxygen atoms in total. The lowest BCUT2D eigenvalue weighted by atomic mass is 10.2. The fourth-order valence-electron chi connectivity index (χ4n) is 2.06. The van der Waals surface area contributed by atoms with Gasteiger partial charge in [0.15, 0.2) is 16.7 Å². The van der Waals surface area contributed by atoms with Gasteiger partial charge in [0, 0.05) is 0 Å². The molecule has 2 aromatic carbocycles. The number of nitrogens with one attached hydrogen (secondary N) is 2. The maximum atomic E-state index is 13.9. The van der Waals surface area contributed by atoms with Gasteiger partial charge in [0.1, 0.15) is 18.2 Å². The molecule has 1 aromatic heterocycles. The first kappa shape index (κ1) is 18.6. The molecular weight excluding hydrogens is 377 g/mol. The molecule has 0 fully saturated rings. The molecule has 2 N–H and O–H groups in total. The number of aromatic nitrogens is 2. The summed E-state index contributed by atoms with van der Waals surface area (Å²) in [6.07, 6.45) is 0.918. The molecule has 1 heterocycles. The second-order valence-electron chi connectivity index (χ2n) is 5.32. The van der Waals surface area contributed by atoms with Crippen LogP contribution in [-0.2, 0) is 6.61 Å². The average molecular weight is 390 g/mol. The van der Waals surface area contributed by atoms with Crippen LogP contribution in [0.1, 0.15) is 5.56 Å². The zero-order valence-corrected chi connectivity index (χ0v) is 14.6. The summed E-state index contributed by atoms with van der Waals surface area (Å²) in [5.74, 6) is -1.86. The van der Waals surface area contributed by atoms with Gasteiger partial charge in [-0.05, 0) is 42.0 Å². The van der Waals surface area contributed by atoms with E-state index >= 15 is 0 Å². The fourth-order valence-corrected chi connectivity index (χ4v) is 2.27. The zero-order chi connectivity index (χ0) is 19.2. The molecule has 3 aromatic rings. The van der Waals surface area contributed by atoms with Crippen molar-refractivity contribution in [2.24, 2.45) is 0 Å². The highest BCUT2D eigenvalue weighted by Gasteiger charge is 2.11. The summed E-state index contributed by atoms with van der Waals surface area (Å²) in [4.78, 5) is 7.63. The van der Waals surface area contributed by atoms with Gasteiger partial charge in [0.25, 0.3) is 0 Å². The van der Waals surface area contributed by atoms with Crippen molar-refractivity contribution >= 4 is 28.8 Å². The van der Waals surface area contributed by atoms with Gasteiger partial charge in [-0.25, -0.2) is 18.2 Å². The third-order valence-corrected chi connectivity index (χ3v) is 3.56. The van der Waals surface area contributed by atoms with Crippen LogP contribution in [0.4, 0.5) is 24.7 Å². The Morgan fingerprint density at radius 2 is 1.70 bits per heavy atom. The fraction of sp³-hybridized carbons (Fsp3) is 0.0556. The quantitative estimate of drug-likeness (QED) is 0.634. The van der Waals surface area contributed by atoms with Crippen molar-refractivity contribution in [1.29, 1.82) is 0 Å². The molecule has 9 heteroatoms. The van der Waals surface area contributed by atoms with Crippen molar-refractivity contribution in [2.45, 2.75) is 6.61 Å². The molecule has 0 bridgehead atoms. The Labute approximate surface area is 158 Å². The molecule has 0 saturated carbocycles. The number of thiocarbonyl (C=S) groups is 1. The highest BCUT2D eigenvalue weighted by atomic mass is 32.1. The van der Waals surface area contributed by atoms with E-state index in [-0.39, 0.29) is 35.1 Å². The minimum Gasteiger partial charge on any atom is -0.459 e. The Morgan fingerprint density at radius 1 is 0.963 bits per heavy atom. The first-order chi connectivity index (χ1) is 13.0. The van der Waals surface area contributed by atoms with Crippen molar-refractivity contribution < 1.29 is 17.9 Å². The van der Waals surface area contributed by atoms with Gasteiger partial charge in [-0.2, -0.15) is 4.98 Å². The number of hydrogen-bond acceptors (Lipinski definition) is 4. The molecule has 3 rings (SSSR count). The number of rotatable bonds is 5. The van der Waals surface area contributed by atoms with E-state index in [0.717, 1.165) is 6.20 Å². The molecule has 138 valence electrons. The standard InChI is InChI=1S/C18H13F3N4OS/c19-12-7-5-11(6-8-12)10-26-17-22-9-14(21)16(24-17)25-18(27)23-15-4-2-1-3-13(15)20/h1-9H,10H2,(H2,22,23,24,25,27). The van der Waals surface area contributed by atoms with Gasteiger partial charge in [-0.3, -0.25) is 0 Å². The van der Waals surface area contributed by atoms with E-state index in [9.17, 15) is 13.2 Å².